The van der Waals surface area contributed by atoms with E-state index in [0.29, 0.717) is 6.04 Å². The van der Waals surface area contributed by atoms with Gasteiger partial charge in [0, 0.05) is 19.1 Å². The summed E-state index contributed by atoms with van der Waals surface area (Å²) in [6.07, 6.45) is 3.34. The number of halogens is 2. The molecule has 18 heavy (non-hydrogen) atoms. The van der Waals surface area contributed by atoms with E-state index in [1.54, 1.807) is 0 Å². The lowest BCUT2D eigenvalue weighted by atomic mass is 10.0. The molecule has 0 aromatic rings. The van der Waals surface area contributed by atoms with Gasteiger partial charge in [0.15, 0.2) is 0 Å². The first-order valence-electron chi connectivity index (χ1n) is 6.32. The van der Waals surface area contributed by atoms with E-state index in [9.17, 15) is 4.79 Å². The molecule has 1 atom stereocenters. The Bertz CT molecular complexity index is 221. The van der Waals surface area contributed by atoms with Crippen LogP contribution >= 0.6 is 24.8 Å². The van der Waals surface area contributed by atoms with Crippen molar-refractivity contribution in [3.05, 3.63) is 0 Å². The monoisotopic (exact) mass is 299 g/mol. The third kappa shape index (κ3) is 7.41. The summed E-state index contributed by atoms with van der Waals surface area (Å²) in [5.74, 6) is 0.164. The zero-order chi connectivity index (χ0) is 12.0. The molecule has 0 aromatic heterocycles. The van der Waals surface area contributed by atoms with E-state index in [1.807, 2.05) is 0 Å². The Morgan fingerprint density at radius 1 is 1.39 bits per heavy atom. The molecule has 0 spiro atoms. The highest BCUT2D eigenvalue weighted by atomic mass is 35.5. The maximum Gasteiger partial charge on any atom is 0.237 e. The molecule has 0 aromatic carbocycles. The molecule has 6 heteroatoms. The summed E-state index contributed by atoms with van der Waals surface area (Å²) in [7, 11) is 2.08. The van der Waals surface area contributed by atoms with Crippen molar-refractivity contribution in [1.29, 1.82) is 0 Å². The van der Waals surface area contributed by atoms with Crippen molar-refractivity contribution in [2.24, 2.45) is 0 Å². The second-order valence-electron chi connectivity index (χ2n) is 4.87. The second kappa shape index (κ2) is 10.9. The minimum Gasteiger partial charge on any atom is -0.353 e. The molecule has 1 aliphatic heterocycles. The Balaban J connectivity index is 0. The molecule has 0 bridgehead atoms. The number of likely N-dealkylation sites (N-methyl/N-ethyl adjacent to an activating group) is 1. The number of hydrogen-bond donors (Lipinski definition) is 2. The van der Waals surface area contributed by atoms with Crippen molar-refractivity contribution in [2.75, 3.05) is 26.7 Å². The fourth-order valence-corrected chi connectivity index (χ4v) is 1.81. The second-order valence-corrected chi connectivity index (χ2v) is 4.87. The molecule has 0 saturated carbocycles. The third-order valence-electron chi connectivity index (χ3n) is 3.27. The van der Waals surface area contributed by atoms with E-state index >= 15 is 0 Å². The zero-order valence-electron chi connectivity index (χ0n) is 11.6. The predicted molar refractivity (Wildman–Crippen MR) is 80.9 cm³/mol. The Kier molecular flexibility index (Phi) is 12.2. The number of amides is 1. The molecule has 1 fully saturated rings. The number of piperidine rings is 1. The van der Waals surface area contributed by atoms with Crippen LogP contribution in [0.15, 0.2) is 0 Å². The van der Waals surface area contributed by atoms with Crippen LogP contribution in [-0.4, -0.2) is 49.6 Å². The largest absolute Gasteiger partial charge is 0.353 e. The van der Waals surface area contributed by atoms with Crippen LogP contribution in [0.3, 0.4) is 0 Å². The quantitative estimate of drug-likeness (QED) is 0.807. The van der Waals surface area contributed by atoms with Gasteiger partial charge in [-0.15, -0.1) is 24.8 Å². The maximum atomic E-state index is 11.8. The summed E-state index contributed by atoms with van der Waals surface area (Å²) in [5, 5.41) is 6.25. The van der Waals surface area contributed by atoms with E-state index in [4.69, 9.17) is 0 Å². The summed E-state index contributed by atoms with van der Waals surface area (Å²) in [4.78, 5) is 14.0. The van der Waals surface area contributed by atoms with Crippen molar-refractivity contribution in [3.8, 4) is 0 Å². The Morgan fingerprint density at radius 2 is 2.06 bits per heavy atom. The number of rotatable bonds is 5. The molecule has 0 aliphatic carbocycles. The highest BCUT2D eigenvalue weighted by Crippen LogP contribution is 2.06. The normalized spacial score (nSPS) is 19.1. The number of carbonyl (C=O) groups is 1. The molecular formula is C12H27Cl2N3O. The first-order chi connectivity index (χ1) is 7.61. The van der Waals surface area contributed by atoms with Crippen molar-refractivity contribution in [2.45, 2.75) is 45.2 Å². The lowest BCUT2D eigenvalue weighted by molar-refractivity contribution is -0.123. The summed E-state index contributed by atoms with van der Waals surface area (Å²) in [6, 6.07) is 0.572. The van der Waals surface area contributed by atoms with Crippen molar-refractivity contribution >= 4 is 30.7 Å². The number of hydrogen-bond acceptors (Lipinski definition) is 3. The molecule has 1 amide bonds. The highest BCUT2D eigenvalue weighted by Gasteiger charge is 2.19. The molecule has 2 N–H and O–H groups in total. The topological polar surface area (TPSA) is 44.4 Å². The number of carbonyl (C=O) groups excluding carboxylic acids is 1. The van der Waals surface area contributed by atoms with Gasteiger partial charge in [0.2, 0.25) is 5.91 Å². The summed E-state index contributed by atoms with van der Waals surface area (Å²) < 4.78 is 0. The fourth-order valence-electron chi connectivity index (χ4n) is 1.81. The van der Waals surface area contributed by atoms with Crippen molar-refractivity contribution in [3.63, 3.8) is 0 Å². The zero-order valence-corrected chi connectivity index (χ0v) is 13.2. The SMILES string of the molecule is CC(C)N(C)CCNC(=O)C1CCCCN1.Cl.Cl. The minimum atomic E-state index is 0. The highest BCUT2D eigenvalue weighted by molar-refractivity contribution is 5.85. The van der Waals surface area contributed by atoms with Gasteiger partial charge >= 0.3 is 0 Å². The van der Waals surface area contributed by atoms with E-state index in [2.05, 4.69) is 36.4 Å². The van der Waals surface area contributed by atoms with Crippen molar-refractivity contribution < 1.29 is 4.79 Å². The van der Waals surface area contributed by atoms with Crippen LogP contribution in [0.1, 0.15) is 33.1 Å². The maximum absolute atomic E-state index is 11.8. The standard InChI is InChI=1S/C12H25N3O.2ClH/c1-10(2)15(3)9-8-14-12(16)11-6-4-5-7-13-11;;/h10-11,13H,4-9H2,1-3H3,(H,14,16);2*1H. The molecule has 1 unspecified atom stereocenters. The molecule has 1 saturated heterocycles. The molecule has 0 radical (unpaired) electrons. The number of nitrogens with one attached hydrogen (secondary N) is 2. The molecule has 1 heterocycles. The van der Waals surface area contributed by atoms with Gasteiger partial charge in [0.25, 0.3) is 0 Å². The summed E-state index contributed by atoms with van der Waals surface area (Å²) in [5.41, 5.74) is 0. The van der Waals surface area contributed by atoms with E-state index < -0.39 is 0 Å². The summed E-state index contributed by atoms with van der Waals surface area (Å²) >= 11 is 0. The van der Waals surface area contributed by atoms with E-state index in [-0.39, 0.29) is 36.8 Å². The van der Waals surface area contributed by atoms with Gasteiger partial charge in [0.05, 0.1) is 6.04 Å². The van der Waals surface area contributed by atoms with Gasteiger partial charge in [-0.3, -0.25) is 4.79 Å². The molecule has 110 valence electrons. The number of nitrogens with zero attached hydrogens (tertiary/aromatic N) is 1. The van der Waals surface area contributed by atoms with Gasteiger partial charge in [0.1, 0.15) is 0 Å². The Morgan fingerprint density at radius 3 is 2.56 bits per heavy atom. The molecule has 1 rings (SSSR count). The van der Waals surface area contributed by atoms with Gasteiger partial charge in [-0.25, -0.2) is 0 Å². The van der Waals surface area contributed by atoms with E-state index in [1.165, 1.54) is 6.42 Å². The average Bonchev–Trinajstić information content (AvgIpc) is 2.29. The van der Waals surface area contributed by atoms with Crippen molar-refractivity contribution in [1.82, 2.24) is 15.5 Å². The fraction of sp³-hybridized carbons (Fsp3) is 0.917. The van der Waals surface area contributed by atoms with Gasteiger partial charge in [-0.2, -0.15) is 0 Å². The molecule has 4 nitrogen and oxygen atoms in total. The van der Waals surface area contributed by atoms with Crippen LogP contribution in [0, 0.1) is 0 Å². The Hall–Kier alpha value is -0.0300. The van der Waals surface area contributed by atoms with Crippen LogP contribution in [0.5, 0.6) is 0 Å². The van der Waals surface area contributed by atoms with Crippen LogP contribution in [-0.2, 0) is 4.79 Å². The first-order valence-corrected chi connectivity index (χ1v) is 6.32. The Labute approximate surface area is 123 Å². The van der Waals surface area contributed by atoms with Crippen LogP contribution in [0.25, 0.3) is 0 Å². The predicted octanol–water partition coefficient (Wildman–Crippen LogP) is 1.43. The third-order valence-corrected chi connectivity index (χ3v) is 3.27. The smallest absolute Gasteiger partial charge is 0.237 e. The lowest BCUT2D eigenvalue weighted by Crippen LogP contribution is -2.48. The molecule has 1 aliphatic rings. The molecular weight excluding hydrogens is 273 g/mol. The van der Waals surface area contributed by atoms with Gasteiger partial charge < -0.3 is 15.5 Å². The van der Waals surface area contributed by atoms with Gasteiger partial charge in [-0.1, -0.05) is 6.42 Å². The lowest BCUT2D eigenvalue weighted by Gasteiger charge is -2.24. The van der Waals surface area contributed by atoms with Crippen LogP contribution < -0.4 is 10.6 Å². The van der Waals surface area contributed by atoms with Gasteiger partial charge in [-0.05, 0) is 40.3 Å². The van der Waals surface area contributed by atoms with Crippen LogP contribution in [0.4, 0.5) is 0 Å². The minimum absolute atomic E-state index is 0. The summed E-state index contributed by atoms with van der Waals surface area (Å²) in [6.45, 7) is 6.95. The van der Waals surface area contributed by atoms with Crippen LogP contribution in [0.2, 0.25) is 0 Å². The first kappa shape index (κ1) is 20.3. The average molecular weight is 300 g/mol. The van der Waals surface area contributed by atoms with E-state index in [0.717, 1.165) is 32.5 Å².